The second kappa shape index (κ2) is 6.30. The number of aryl methyl sites for hydroxylation is 1. The minimum absolute atomic E-state index is 0.130. The standard InChI is InChI=1S/C12H20N4O/c1-8(2)6-11(13)12(17)15-7-10-4-5-14-9(3)16-10/h4-5,8,11H,6-7,13H2,1-3H3,(H,15,17). The van der Waals surface area contributed by atoms with Crippen LogP contribution in [-0.4, -0.2) is 21.9 Å². The van der Waals surface area contributed by atoms with Gasteiger partial charge in [-0.05, 0) is 25.3 Å². The number of carbonyl (C=O) groups excluding carboxylic acids is 1. The van der Waals surface area contributed by atoms with Gasteiger partial charge in [0, 0.05) is 6.20 Å². The summed E-state index contributed by atoms with van der Waals surface area (Å²) < 4.78 is 0. The molecule has 94 valence electrons. The number of rotatable bonds is 5. The fraction of sp³-hybridized carbons (Fsp3) is 0.583. The summed E-state index contributed by atoms with van der Waals surface area (Å²) in [6.07, 6.45) is 2.37. The molecule has 1 unspecified atom stereocenters. The molecule has 1 atom stereocenters. The molecule has 5 nitrogen and oxygen atoms in total. The van der Waals surface area contributed by atoms with E-state index in [0.717, 1.165) is 5.69 Å². The number of aromatic nitrogens is 2. The van der Waals surface area contributed by atoms with Crippen molar-refractivity contribution in [3.05, 3.63) is 23.8 Å². The highest BCUT2D eigenvalue weighted by Gasteiger charge is 2.14. The second-order valence-electron chi connectivity index (χ2n) is 4.55. The number of nitrogens with zero attached hydrogens (tertiary/aromatic N) is 2. The Morgan fingerprint density at radius 3 is 2.82 bits per heavy atom. The topological polar surface area (TPSA) is 80.9 Å². The van der Waals surface area contributed by atoms with Gasteiger partial charge in [0.05, 0.1) is 18.3 Å². The molecule has 17 heavy (non-hydrogen) atoms. The van der Waals surface area contributed by atoms with Gasteiger partial charge < -0.3 is 11.1 Å². The minimum atomic E-state index is -0.446. The highest BCUT2D eigenvalue weighted by molar-refractivity contribution is 5.81. The summed E-state index contributed by atoms with van der Waals surface area (Å²) in [5.74, 6) is 0.982. The molecule has 0 spiro atoms. The summed E-state index contributed by atoms with van der Waals surface area (Å²) >= 11 is 0. The number of hydrogen-bond acceptors (Lipinski definition) is 4. The quantitative estimate of drug-likeness (QED) is 0.791. The molecule has 0 bridgehead atoms. The lowest BCUT2D eigenvalue weighted by molar-refractivity contribution is -0.122. The molecular formula is C12H20N4O. The lowest BCUT2D eigenvalue weighted by Gasteiger charge is -2.13. The van der Waals surface area contributed by atoms with Gasteiger partial charge in [0.2, 0.25) is 5.91 Å². The molecule has 0 aliphatic heterocycles. The van der Waals surface area contributed by atoms with E-state index in [0.29, 0.717) is 24.7 Å². The smallest absolute Gasteiger partial charge is 0.237 e. The van der Waals surface area contributed by atoms with E-state index in [2.05, 4.69) is 15.3 Å². The molecule has 0 fully saturated rings. The maximum Gasteiger partial charge on any atom is 0.237 e. The van der Waals surface area contributed by atoms with E-state index in [1.54, 1.807) is 12.3 Å². The van der Waals surface area contributed by atoms with Crippen molar-refractivity contribution in [3.8, 4) is 0 Å². The number of hydrogen-bond donors (Lipinski definition) is 2. The van der Waals surface area contributed by atoms with E-state index in [9.17, 15) is 4.79 Å². The van der Waals surface area contributed by atoms with Gasteiger partial charge in [0.25, 0.3) is 0 Å². The van der Waals surface area contributed by atoms with E-state index in [-0.39, 0.29) is 5.91 Å². The van der Waals surface area contributed by atoms with Crippen LogP contribution in [0.1, 0.15) is 31.8 Å². The SMILES string of the molecule is Cc1nccc(CNC(=O)C(N)CC(C)C)n1. The summed E-state index contributed by atoms with van der Waals surface area (Å²) in [6, 6.07) is 1.33. The van der Waals surface area contributed by atoms with Crippen molar-refractivity contribution in [2.45, 2.75) is 39.8 Å². The maximum atomic E-state index is 11.7. The van der Waals surface area contributed by atoms with Crippen LogP contribution in [0.25, 0.3) is 0 Å². The Labute approximate surface area is 102 Å². The summed E-state index contributed by atoms with van der Waals surface area (Å²) in [5, 5.41) is 2.78. The van der Waals surface area contributed by atoms with Gasteiger partial charge in [-0.2, -0.15) is 0 Å². The fourth-order valence-electron chi connectivity index (χ4n) is 1.53. The summed E-state index contributed by atoms with van der Waals surface area (Å²) in [5.41, 5.74) is 6.56. The van der Waals surface area contributed by atoms with E-state index in [1.165, 1.54) is 0 Å². The lowest BCUT2D eigenvalue weighted by atomic mass is 10.0. The van der Waals surface area contributed by atoms with Crippen LogP contribution in [0.2, 0.25) is 0 Å². The summed E-state index contributed by atoms with van der Waals surface area (Å²) in [4.78, 5) is 19.8. The number of carbonyl (C=O) groups is 1. The van der Waals surface area contributed by atoms with Gasteiger partial charge in [-0.15, -0.1) is 0 Å². The Morgan fingerprint density at radius 1 is 1.53 bits per heavy atom. The van der Waals surface area contributed by atoms with Crippen LogP contribution in [0.15, 0.2) is 12.3 Å². The predicted octanol–water partition coefficient (Wildman–Crippen LogP) is 0.775. The summed E-state index contributed by atoms with van der Waals surface area (Å²) in [7, 11) is 0. The van der Waals surface area contributed by atoms with Gasteiger partial charge >= 0.3 is 0 Å². The molecule has 0 aromatic carbocycles. The van der Waals surface area contributed by atoms with Crippen LogP contribution >= 0.6 is 0 Å². The first-order valence-corrected chi connectivity index (χ1v) is 5.81. The molecule has 0 aliphatic carbocycles. The van der Waals surface area contributed by atoms with Gasteiger partial charge in [0.15, 0.2) is 0 Å². The number of nitrogens with one attached hydrogen (secondary N) is 1. The third-order valence-electron chi connectivity index (χ3n) is 2.34. The van der Waals surface area contributed by atoms with E-state index < -0.39 is 6.04 Å². The molecule has 1 aromatic rings. The van der Waals surface area contributed by atoms with Crippen LogP contribution in [0.3, 0.4) is 0 Å². The lowest BCUT2D eigenvalue weighted by Crippen LogP contribution is -2.41. The molecule has 0 radical (unpaired) electrons. The van der Waals surface area contributed by atoms with E-state index in [1.807, 2.05) is 20.8 Å². The Kier molecular flexibility index (Phi) is 5.03. The van der Waals surface area contributed by atoms with Gasteiger partial charge in [-0.1, -0.05) is 13.8 Å². The van der Waals surface area contributed by atoms with Gasteiger partial charge in [-0.3, -0.25) is 4.79 Å². The van der Waals surface area contributed by atoms with Crippen LogP contribution in [0, 0.1) is 12.8 Å². The number of nitrogens with two attached hydrogens (primary N) is 1. The highest BCUT2D eigenvalue weighted by atomic mass is 16.2. The monoisotopic (exact) mass is 236 g/mol. The average molecular weight is 236 g/mol. The first-order chi connectivity index (χ1) is 7.99. The molecular weight excluding hydrogens is 216 g/mol. The maximum absolute atomic E-state index is 11.7. The zero-order chi connectivity index (χ0) is 12.8. The normalized spacial score (nSPS) is 12.5. The van der Waals surface area contributed by atoms with Crippen molar-refractivity contribution in [1.82, 2.24) is 15.3 Å². The summed E-state index contributed by atoms with van der Waals surface area (Å²) in [6.45, 7) is 6.30. The van der Waals surface area contributed by atoms with Crippen molar-refractivity contribution < 1.29 is 4.79 Å². The van der Waals surface area contributed by atoms with Crippen LogP contribution in [0.4, 0.5) is 0 Å². The average Bonchev–Trinajstić information content (AvgIpc) is 2.25. The Hall–Kier alpha value is -1.49. The van der Waals surface area contributed by atoms with Gasteiger partial charge in [0.1, 0.15) is 5.82 Å². The van der Waals surface area contributed by atoms with Gasteiger partial charge in [-0.25, -0.2) is 9.97 Å². The first-order valence-electron chi connectivity index (χ1n) is 5.81. The van der Waals surface area contributed by atoms with Crippen LogP contribution in [-0.2, 0) is 11.3 Å². The third-order valence-corrected chi connectivity index (χ3v) is 2.34. The molecule has 3 N–H and O–H groups in total. The van der Waals surface area contributed by atoms with Crippen molar-refractivity contribution in [2.75, 3.05) is 0 Å². The molecule has 1 heterocycles. The molecule has 1 aromatic heterocycles. The van der Waals surface area contributed by atoms with Crippen LogP contribution in [0.5, 0.6) is 0 Å². The molecule has 5 heteroatoms. The third kappa shape index (κ3) is 4.91. The first kappa shape index (κ1) is 13.6. The Morgan fingerprint density at radius 2 is 2.24 bits per heavy atom. The van der Waals surface area contributed by atoms with E-state index >= 15 is 0 Å². The molecule has 1 amide bonds. The Bertz CT molecular complexity index is 379. The molecule has 1 rings (SSSR count). The second-order valence-corrected chi connectivity index (χ2v) is 4.55. The minimum Gasteiger partial charge on any atom is -0.349 e. The molecule has 0 saturated carbocycles. The van der Waals surface area contributed by atoms with Crippen molar-refractivity contribution in [3.63, 3.8) is 0 Å². The van der Waals surface area contributed by atoms with Crippen molar-refractivity contribution >= 4 is 5.91 Å². The fourth-order valence-corrected chi connectivity index (χ4v) is 1.53. The zero-order valence-electron chi connectivity index (χ0n) is 10.6. The van der Waals surface area contributed by atoms with Crippen LogP contribution < -0.4 is 11.1 Å². The molecule has 0 saturated heterocycles. The van der Waals surface area contributed by atoms with Crippen molar-refractivity contribution in [1.29, 1.82) is 0 Å². The highest BCUT2D eigenvalue weighted by Crippen LogP contribution is 2.03. The largest absolute Gasteiger partial charge is 0.349 e. The zero-order valence-corrected chi connectivity index (χ0v) is 10.6. The predicted molar refractivity (Wildman–Crippen MR) is 66.0 cm³/mol. The van der Waals surface area contributed by atoms with E-state index in [4.69, 9.17) is 5.73 Å². The Balaban J connectivity index is 2.43. The van der Waals surface area contributed by atoms with Crippen molar-refractivity contribution in [2.24, 2.45) is 11.7 Å². The molecule has 0 aliphatic rings. The number of amides is 1.